The first-order chi connectivity index (χ1) is 10.5. The summed E-state index contributed by atoms with van der Waals surface area (Å²) in [4.78, 5) is 20.2. The molecule has 0 aromatic carbocycles. The molecule has 22 heavy (non-hydrogen) atoms. The fourth-order valence-corrected chi connectivity index (χ4v) is 3.86. The van der Waals surface area contributed by atoms with Gasteiger partial charge in [-0.3, -0.25) is 4.79 Å². The second-order valence-corrected chi connectivity index (χ2v) is 6.94. The molecule has 0 N–H and O–H groups in total. The summed E-state index contributed by atoms with van der Waals surface area (Å²) in [6.07, 6.45) is 1.82. The van der Waals surface area contributed by atoms with E-state index in [1.807, 2.05) is 23.8 Å². The van der Waals surface area contributed by atoms with Crippen LogP contribution >= 0.6 is 23.1 Å². The van der Waals surface area contributed by atoms with Gasteiger partial charge < -0.3 is 9.30 Å². The van der Waals surface area contributed by atoms with Crippen LogP contribution in [-0.4, -0.2) is 21.1 Å². The number of aromatic nitrogens is 3. The predicted octanol–water partition coefficient (Wildman–Crippen LogP) is 3.67. The van der Waals surface area contributed by atoms with E-state index >= 15 is 0 Å². The van der Waals surface area contributed by atoms with E-state index in [-0.39, 0.29) is 17.7 Å². The molecule has 1 atom stereocenters. The highest BCUT2D eigenvalue weighted by Gasteiger charge is 2.12. The van der Waals surface area contributed by atoms with Crippen molar-refractivity contribution in [1.29, 1.82) is 0 Å². The SMILES string of the molecule is CCO[C@H](C)c1nc(CSc2nc(=O)ccn2C(C)C)cs1. The van der Waals surface area contributed by atoms with Crippen molar-refractivity contribution in [3.8, 4) is 0 Å². The maximum Gasteiger partial charge on any atom is 0.273 e. The Morgan fingerprint density at radius 3 is 2.82 bits per heavy atom. The minimum absolute atomic E-state index is 0.0254. The summed E-state index contributed by atoms with van der Waals surface area (Å²) in [5.74, 6) is 0.693. The van der Waals surface area contributed by atoms with Crippen molar-refractivity contribution in [2.75, 3.05) is 6.61 Å². The molecule has 7 heteroatoms. The lowest BCUT2D eigenvalue weighted by Gasteiger charge is -2.14. The molecule has 2 aromatic heterocycles. The molecule has 2 heterocycles. The van der Waals surface area contributed by atoms with Gasteiger partial charge in [-0.2, -0.15) is 4.98 Å². The van der Waals surface area contributed by atoms with E-state index in [9.17, 15) is 4.79 Å². The Bertz CT molecular complexity index is 667. The zero-order valence-corrected chi connectivity index (χ0v) is 14.9. The van der Waals surface area contributed by atoms with E-state index in [0.29, 0.717) is 12.4 Å². The average molecular weight is 339 g/mol. The van der Waals surface area contributed by atoms with Gasteiger partial charge in [0.1, 0.15) is 11.1 Å². The van der Waals surface area contributed by atoms with Crippen molar-refractivity contribution in [2.45, 2.75) is 50.8 Å². The first kappa shape index (κ1) is 17.2. The largest absolute Gasteiger partial charge is 0.372 e. The van der Waals surface area contributed by atoms with Gasteiger partial charge in [0.2, 0.25) is 0 Å². The molecule has 0 radical (unpaired) electrons. The molecule has 0 aliphatic carbocycles. The Kier molecular flexibility index (Phi) is 6.16. The number of rotatable bonds is 7. The molecule has 120 valence electrons. The highest BCUT2D eigenvalue weighted by Crippen LogP contribution is 2.26. The molecule has 0 saturated carbocycles. The zero-order chi connectivity index (χ0) is 16.1. The monoisotopic (exact) mass is 339 g/mol. The maximum absolute atomic E-state index is 11.5. The lowest BCUT2D eigenvalue weighted by atomic mass is 10.4. The first-order valence-electron chi connectivity index (χ1n) is 7.29. The minimum Gasteiger partial charge on any atom is -0.372 e. The van der Waals surface area contributed by atoms with Crippen molar-refractivity contribution in [3.63, 3.8) is 0 Å². The number of ether oxygens (including phenoxy) is 1. The normalized spacial score (nSPS) is 12.8. The van der Waals surface area contributed by atoms with Crippen LogP contribution in [0.25, 0.3) is 0 Å². The van der Waals surface area contributed by atoms with Gasteiger partial charge in [-0.05, 0) is 27.7 Å². The minimum atomic E-state index is -0.205. The van der Waals surface area contributed by atoms with E-state index in [4.69, 9.17) is 4.74 Å². The van der Waals surface area contributed by atoms with Gasteiger partial charge in [-0.25, -0.2) is 4.98 Å². The first-order valence-corrected chi connectivity index (χ1v) is 9.15. The van der Waals surface area contributed by atoms with Gasteiger partial charge in [-0.1, -0.05) is 11.8 Å². The molecule has 0 aliphatic heterocycles. The van der Waals surface area contributed by atoms with Crippen LogP contribution in [0.5, 0.6) is 0 Å². The summed E-state index contributed by atoms with van der Waals surface area (Å²) >= 11 is 3.14. The standard InChI is InChI=1S/C15H21N3O2S2/c1-5-20-11(4)14-16-12(8-21-14)9-22-15-17-13(19)6-7-18(15)10(2)3/h6-8,10-11H,5,9H2,1-4H3/t11-/m1/s1. The second kappa shape index (κ2) is 7.89. The third kappa shape index (κ3) is 4.41. The van der Waals surface area contributed by atoms with Crippen LogP contribution in [-0.2, 0) is 10.5 Å². The van der Waals surface area contributed by atoms with Crippen molar-refractivity contribution in [2.24, 2.45) is 0 Å². The molecule has 2 rings (SSSR count). The Labute approximate surface area is 138 Å². The van der Waals surface area contributed by atoms with Crippen molar-refractivity contribution in [1.82, 2.24) is 14.5 Å². The molecule has 2 aromatic rings. The van der Waals surface area contributed by atoms with Crippen LogP contribution in [0.1, 0.15) is 50.5 Å². The van der Waals surface area contributed by atoms with Gasteiger partial charge in [0, 0.05) is 36.0 Å². The van der Waals surface area contributed by atoms with Gasteiger partial charge >= 0.3 is 0 Å². The number of thiazole rings is 1. The highest BCUT2D eigenvalue weighted by atomic mass is 32.2. The van der Waals surface area contributed by atoms with Gasteiger partial charge in [0.15, 0.2) is 5.16 Å². The number of hydrogen-bond acceptors (Lipinski definition) is 6. The topological polar surface area (TPSA) is 57.0 Å². The summed E-state index contributed by atoms with van der Waals surface area (Å²) < 4.78 is 7.56. The summed E-state index contributed by atoms with van der Waals surface area (Å²) in [6.45, 7) is 8.81. The van der Waals surface area contributed by atoms with Crippen LogP contribution in [0.4, 0.5) is 0 Å². The molecular formula is C15H21N3O2S2. The quantitative estimate of drug-likeness (QED) is 0.569. The van der Waals surface area contributed by atoms with Crippen LogP contribution in [0.3, 0.4) is 0 Å². The fourth-order valence-electron chi connectivity index (χ4n) is 1.93. The maximum atomic E-state index is 11.5. The smallest absolute Gasteiger partial charge is 0.273 e. The molecular weight excluding hydrogens is 318 g/mol. The van der Waals surface area contributed by atoms with Crippen LogP contribution < -0.4 is 5.56 Å². The Morgan fingerprint density at radius 1 is 1.36 bits per heavy atom. The van der Waals surface area contributed by atoms with Gasteiger partial charge in [0.25, 0.3) is 5.56 Å². The summed E-state index contributed by atoms with van der Waals surface area (Å²) in [5.41, 5.74) is 0.785. The molecule has 0 unspecified atom stereocenters. The highest BCUT2D eigenvalue weighted by molar-refractivity contribution is 7.98. The molecule has 0 saturated heterocycles. The molecule has 0 spiro atoms. The van der Waals surface area contributed by atoms with Crippen molar-refractivity contribution in [3.05, 3.63) is 38.7 Å². The lowest BCUT2D eigenvalue weighted by Crippen LogP contribution is -2.14. The van der Waals surface area contributed by atoms with Gasteiger partial charge in [-0.15, -0.1) is 11.3 Å². The molecule has 0 aliphatic rings. The van der Waals surface area contributed by atoms with E-state index in [1.165, 1.54) is 17.8 Å². The summed E-state index contributed by atoms with van der Waals surface area (Å²) in [7, 11) is 0. The zero-order valence-electron chi connectivity index (χ0n) is 13.3. The molecule has 5 nitrogen and oxygen atoms in total. The van der Waals surface area contributed by atoms with E-state index in [0.717, 1.165) is 15.9 Å². The number of thioether (sulfide) groups is 1. The Hall–Kier alpha value is -1.18. The van der Waals surface area contributed by atoms with E-state index in [1.54, 1.807) is 17.5 Å². The summed E-state index contributed by atoms with van der Waals surface area (Å²) in [6, 6.07) is 1.76. The third-order valence-corrected chi connectivity index (χ3v) is 5.10. The van der Waals surface area contributed by atoms with E-state index < -0.39 is 0 Å². The number of nitrogens with zero attached hydrogens (tertiary/aromatic N) is 3. The Morgan fingerprint density at radius 2 is 2.14 bits per heavy atom. The van der Waals surface area contributed by atoms with E-state index in [2.05, 4.69) is 23.8 Å². The fraction of sp³-hybridized carbons (Fsp3) is 0.533. The van der Waals surface area contributed by atoms with Crippen molar-refractivity contribution >= 4 is 23.1 Å². The second-order valence-electron chi connectivity index (χ2n) is 5.11. The molecule has 0 bridgehead atoms. The number of hydrogen-bond donors (Lipinski definition) is 0. The van der Waals surface area contributed by atoms with Gasteiger partial charge in [0.05, 0.1) is 5.69 Å². The predicted molar refractivity (Wildman–Crippen MR) is 90.6 cm³/mol. The summed E-state index contributed by atoms with van der Waals surface area (Å²) in [5, 5.41) is 3.76. The third-order valence-electron chi connectivity index (χ3n) is 3.04. The lowest BCUT2D eigenvalue weighted by molar-refractivity contribution is 0.0761. The molecule has 0 amide bonds. The van der Waals surface area contributed by atoms with Crippen molar-refractivity contribution < 1.29 is 4.74 Å². The van der Waals surface area contributed by atoms with Crippen LogP contribution in [0, 0.1) is 0 Å². The molecule has 0 fully saturated rings. The van der Waals surface area contributed by atoms with Crippen LogP contribution in [0.2, 0.25) is 0 Å². The average Bonchev–Trinajstić information content (AvgIpc) is 2.94. The van der Waals surface area contributed by atoms with Crippen LogP contribution in [0.15, 0.2) is 27.6 Å². The Balaban J connectivity index is 2.07.